The molecule has 1 aromatic rings. The molecule has 1 rings (SSSR count). The van der Waals surface area contributed by atoms with Crippen LogP contribution in [0.4, 0.5) is 0 Å². The third-order valence-corrected chi connectivity index (χ3v) is 2.91. The predicted molar refractivity (Wildman–Crippen MR) is 75.3 cm³/mol. The van der Waals surface area contributed by atoms with Gasteiger partial charge in [0, 0.05) is 12.6 Å². The van der Waals surface area contributed by atoms with E-state index in [-0.39, 0.29) is 11.9 Å². The van der Waals surface area contributed by atoms with E-state index in [1.165, 1.54) is 5.56 Å². The van der Waals surface area contributed by atoms with Gasteiger partial charge in [-0.15, -0.1) is 0 Å². The molecule has 0 spiro atoms. The molecule has 0 heterocycles. The maximum Gasteiger partial charge on any atom is 0.233 e. The number of rotatable bonds is 7. The lowest BCUT2D eigenvalue weighted by atomic mass is 10.1. The molecule has 1 unspecified atom stereocenters. The number of hydrogen-bond acceptors (Lipinski definition) is 2. The van der Waals surface area contributed by atoms with Crippen LogP contribution in [0.2, 0.25) is 0 Å². The molecule has 0 bridgehead atoms. The van der Waals surface area contributed by atoms with Crippen molar-refractivity contribution in [1.29, 1.82) is 0 Å². The Labute approximate surface area is 110 Å². The molecule has 0 fully saturated rings. The Bertz CT molecular complexity index is 349. The Morgan fingerprint density at radius 2 is 1.83 bits per heavy atom. The molecular formula is C15H24N2O. The lowest BCUT2D eigenvalue weighted by Gasteiger charge is -2.14. The topological polar surface area (TPSA) is 41.1 Å². The van der Waals surface area contributed by atoms with Crippen LogP contribution in [-0.2, 0) is 4.79 Å². The molecule has 0 radical (unpaired) electrons. The van der Waals surface area contributed by atoms with Crippen molar-refractivity contribution in [2.45, 2.75) is 33.2 Å². The van der Waals surface area contributed by atoms with Crippen molar-refractivity contribution >= 4 is 5.91 Å². The second-order valence-corrected chi connectivity index (χ2v) is 5.05. The highest BCUT2D eigenvalue weighted by atomic mass is 16.1. The zero-order valence-electron chi connectivity index (χ0n) is 11.6. The third-order valence-electron chi connectivity index (χ3n) is 2.91. The summed E-state index contributed by atoms with van der Waals surface area (Å²) >= 11 is 0. The van der Waals surface area contributed by atoms with E-state index in [1.807, 2.05) is 18.2 Å². The van der Waals surface area contributed by atoms with Crippen LogP contribution in [0.15, 0.2) is 30.3 Å². The number of hydrogen-bond donors (Lipinski definition) is 2. The molecule has 0 saturated carbocycles. The Morgan fingerprint density at radius 3 is 2.44 bits per heavy atom. The van der Waals surface area contributed by atoms with Gasteiger partial charge in [-0.1, -0.05) is 44.2 Å². The van der Waals surface area contributed by atoms with E-state index in [1.54, 1.807) is 0 Å². The van der Waals surface area contributed by atoms with Crippen LogP contribution >= 0.6 is 0 Å². The number of carbonyl (C=O) groups excluding carboxylic acids is 1. The predicted octanol–water partition coefficient (Wildman–Crippen LogP) is 2.50. The fourth-order valence-corrected chi connectivity index (χ4v) is 1.67. The van der Waals surface area contributed by atoms with Crippen molar-refractivity contribution in [3.05, 3.63) is 35.9 Å². The van der Waals surface area contributed by atoms with Gasteiger partial charge in [-0.2, -0.15) is 0 Å². The molecule has 3 nitrogen and oxygen atoms in total. The highest BCUT2D eigenvalue weighted by molar-refractivity contribution is 5.77. The highest BCUT2D eigenvalue weighted by Crippen LogP contribution is 2.10. The van der Waals surface area contributed by atoms with Crippen molar-refractivity contribution in [3.63, 3.8) is 0 Å². The minimum absolute atomic E-state index is 0.0680. The zero-order chi connectivity index (χ0) is 13.4. The van der Waals surface area contributed by atoms with Crippen LogP contribution in [0, 0.1) is 5.92 Å². The minimum atomic E-state index is 0.0680. The van der Waals surface area contributed by atoms with Crippen molar-refractivity contribution in [2.24, 2.45) is 5.92 Å². The second kappa shape index (κ2) is 7.88. The molecule has 1 atom stereocenters. The smallest absolute Gasteiger partial charge is 0.233 e. The maximum absolute atomic E-state index is 11.6. The standard InChI is InChI=1S/C15H24N2O/c1-12(2)9-10-16-15(18)11-17-13(3)14-7-5-4-6-8-14/h4-8,12-13,17H,9-11H2,1-3H3,(H,16,18). The first-order chi connectivity index (χ1) is 8.59. The van der Waals surface area contributed by atoms with E-state index in [4.69, 9.17) is 0 Å². The van der Waals surface area contributed by atoms with Crippen LogP contribution in [0.3, 0.4) is 0 Å². The lowest BCUT2D eigenvalue weighted by molar-refractivity contribution is -0.120. The molecular weight excluding hydrogens is 224 g/mol. The van der Waals surface area contributed by atoms with Gasteiger partial charge in [0.05, 0.1) is 6.54 Å². The van der Waals surface area contributed by atoms with E-state index in [9.17, 15) is 4.79 Å². The summed E-state index contributed by atoms with van der Waals surface area (Å²) in [5.41, 5.74) is 1.20. The summed E-state index contributed by atoms with van der Waals surface area (Å²) in [6, 6.07) is 10.3. The van der Waals surface area contributed by atoms with Crippen LogP contribution in [0.1, 0.15) is 38.8 Å². The summed E-state index contributed by atoms with van der Waals surface area (Å²) in [5, 5.41) is 6.14. The van der Waals surface area contributed by atoms with Gasteiger partial charge in [0.25, 0.3) is 0 Å². The van der Waals surface area contributed by atoms with Crippen molar-refractivity contribution in [1.82, 2.24) is 10.6 Å². The van der Waals surface area contributed by atoms with Crippen molar-refractivity contribution < 1.29 is 4.79 Å². The summed E-state index contributed by atoms with van der Waals surface area (Å²) < 4.78 is 0. The van der Waals surface area contributed by atoms with Gasteiger partial charge in [-0.3, -0.25) is 4.79 Å². The first-order valence-electron chi connectivity index (χ1n) is 6.64. The lowest BCUT2D eigenvalue weighted by Crippen LogP contribution is -2.35. The quantitative estimate of drug-likeness (QED) is 0.778. The van der Waals surface area contributed by atoms with Gasteiger partial charge < -0.3 is 10.6 Å². The van der Waals surface area contributed by atoms with E-state index in [0.717, 1.165) is 13.0 Å². The molecule has 0 aromatic heterocycles. The number of carbonyl (C=O) groups is 1. The molecule has 18 heavy (non-hydrogen) atoms. The zero-order valence-corrected chi connectivity index (χ0v) is 11.6. The van der Waals surface area contributed by atoms with E-state index in [0.29, 0.717) is 12.5 Å². The molecule has 0 aliphatic heterocycles. The SMILES string of the molecule is CC(C)CCNC(=O)CNC(C)c1ccccc1. The molecule has 3 heteroatoms. The summed E-state index contributed by atoms with van der Waals surface area (Å²) in [6.07, 6.45) is 1.03. The minimum Gasteiger partial charge on any atom is -0.355 e. The van der Waals surface area contributed by atoms with Crippen LogP contribution < -0.4 is 10.6 Å². The van der Waals surface area contributed by atoms with Gasteiger partial charge in [0.1, 0.15) is 0 Å². The van der Waals surface area contributed by atoms with Crippen LogP contribution in [0.25, 0.3) is 0 Å². The molecule has 0 aliphatic rings. The van der Waals surface area contributed by atoms with Gasteiger partial charge in [0.15, 0.2) is 0 Å². The summed E-state index contributed by atoms with van der Waals surface area (Å²) in [5.74, 6) is 0.694. The largest absolute Gasteiger partial charge is 0.355 e. The van der Waals surface area contributed by atoms with Gasteiger partial charge in [-0.25, -0.2) is 0 Å². The molecule has 1 amide bonds. The first-order valence-corrected chi connectivity index (χ1v) is 6.64. The van der Waals surface area contributed by atoms with E-state index < -0.39 is 0 Å². The highest BCUT2D eigenvalue weighted by Gasteiger charge is 2.06. The fraction of sp³-hybridized carbons (Fsp3) is 0.533. The van der Waals surface area contributed by atoms with E-state index >= 15 is 0 Å². The molecule has 0 saturated heterocycles. The van der Waals surface area contributed by atoms with Crippen LogP contribution in [-0.4, -0.2) is 19.0 Å². The molecule has 100 valence electrons. The normalized spacial score (nSPS) is 12.4. The molecule has 0 aliphatic carbocycles. The number of benzene rings is 1. The summed E-state index contributed by atoms with van der Waals surface area (Å²) in [7, 11) is 0. The monoisotopic (exact) mass is 248 g/mol. The van der Waals surface area contributed by atoms with Gasteiger partial charge in [-0.05, 0) is 24.8 Å². The van der Waals surface area contributed by atoms with E-state index in [2.05, 4.69) is 43.5 Å². The Kier molecular flexibility index (Phi) is 6.44. The maximum atomic E-state index is 11.6. The van der Waals surface area contributed by atoms with Gasteiger partial charge in [0.2, 0.25) is 5.91 Å². The third kappa shape index (κ3) is 5.82. The Hall–Kier alpha value is -1.35. The fourth-order valence-electron chi connectivity index (χ4n) is 1.67. The summed E-state index contributed by atoms with van der Waals surface area (Å²) in [4.78, 5) is 11.6. The molecule has 1 aromatic carbocycles. The molecule has 2 N–H and O–H groups in total. The van der Waals surface area contributed by atoms with Gasteiger partial charge >= 0.3 is 0 Å². The van der Waals surface area contributed by atoms with Crippen molar-refractivity contribution in [3.8, 4) is 0 Å². The average Bonchev–Trinajstić information content (AvgIpc) is 2.36. The Morgan fingerprint density at radius 1 is 1.17 bits per heavy atom. The van der Waals surface area contributed by atoms with Crippen molar-refractivity contribution in [2.75, 3.05) is 13.1 Å². The first kappa shape index (κ1) is 14.7. The Balaban J connectivity index is 2.22. The second-order valence-electron chi connectivity index (χ2n) is 5.05. The van der Waals surface area contributed by atoms with Crippen LogP contribution in [0.5, 0.6) is 0 Å². The number of amides is 1. The number of nitrogens with one attached hydrogen (secondary N) is 2. The summed E-state index contributed by atoms with van der Waals surface area (Å²) in [6.45, 7) is 7.51. The average molecular weight is 248 g/mol.